The third kappa shape index (κ3) is 4.05. The van der Waals surface area contributed by atoms with Crippen molar-refractivity contribution in [3.05, 3.63) is 83.7 Å². The molecular formula is C26H25N3O2. The van der Waals surface area contributed by atoms with Gasteiger partial charge in [-0.1, -0.05) is 68.8 Å². The molecule has 0 radical (unpaired) electrons. The molecule has 0 saturated heterocycles. The highest BCUT2D eigenvalue weighted by molar-refractivity contribution is 6.08. The van der Waals surface area contributed by atoms with Gasteiger partial charge in [-0.2, -0.15) is 0 Å². The van der Waals surface area contributed by atoms with E-state index in [1.807, 2.05) is 19.1 Å². The Kier molecular flexibility index (Phi) is 6.05. The molecule has 2 heterocycles. The lowest BCUT2D eigenvalue weighted by Crippen LogP contribution is -2.21. The van der Waals surface area contributed by atoms with E-state index in [-0.39, 0.29) is 0 Å². The quantitative estimate of drug-likeness (QED) is 0.320. The maximum Gasteiger partial charge on any atom is 0.275 e. The molecule has 0 aliphatic rings. The highest BCUT2D eigenvalue weighted by Crippen LogP contribution is 2.32. The van der Waals surface area contributed by atoms with Gasteiger partial charge in [-0.05, 0) is 41.2 Å². The number of carbonyl (C=O) groups excluding carboxylic acids is 1. The molecule has 0 bridgehead atoms. The number of pyridine rings is 2. The van der Waals surface area contributed by atoms with Crippen LogP contribution in [0.2, 0.25) is 0 Å². The number of hydrogen-bond acceptors (Lipinski definition) is 4. The Labute approximate surface area is 181 Å². The van der Waals surface area contributed by atoms with Crippen LogP contribution < -0.4 is 5.48 Å². The number of fused-ring (bicyclic) bond motifs is 1. The fraction of sp³-hybridized carbons (Fsp3) is 0.192. The number of rotatable bonds is 6. The molecule has 0 unspecified atom stereocenters. The standard InChI is InChI=1S/C26H25N3O2/c1-3-5-17-6-8-18(9-7-17)19-10-12-20(13-11-19)25-21(4-2)24(26(30)29-31)22-16-27-15-14-23(22)28-25/h6-16,31H,3-5H2,1-2H3,(H,29,30). The molecule has 2 aromatic carbocycles. The minimum absolute atomic E-state index is 0.411. The van der Waals surface area contributed by atoms with Crippen molar-refractivity contribution in [3.8, 4) is 22.4 Å². The summed E-state index contributed by atoms with van der Waals surface area (Å²) in [4.78, 5) is 21.4. The monoisotopic (exact) mass is 411 g/mol. The molecule has 2 aromatic heterocycles. The SMILES string of the molecule is CCCc1ccc(-c2ccc(-c3nc4ccncc4c(C(=O)NO)c3CC)cc2)cc1. The van der Waals surface area contributed by atoms with Gasteiger partial charge in [-0.15, -0.1) is 0 Å². The fourth-order valence-corrected chi connectivity index (χ4v) is 4.02. The van der Waals surface area contributed by atoms with Gasteiger partial charge in [0, 0.05) is 23.3 Å². The number of hydroxylamine groups is 1. The van der Waals surface area contributed by atoms with Crippen molar-refractivity contribution in [1.82, 2.24) is 15.4 Å². The summed E-state index contributed by atoms with van der Waals surface area (Å²) in [6, 6.07) is 18.7. The van der Waals surface area contributed by atoms with E-state index in [0.717, 1.165) is 35.2 Å². The van der Waals surface area contributed by atoms with Gasteiger partial charge in [0.05, 0.1) is 16.8 Å². The van der Waals surface area contributed by atoms with Crippen molar-refractivity contribution in [2.45, 2.75) is 33.1 Å². The van der Waals surface area contributed by atoms with Crippen LogP contribution in [0.5, 0.6) is 0 Å². The average molecular weight is 412 g/mol. The van der Waals surface area contributed by atoms with Crippen LogP contribution in [-0.4, -0.2) is 21.1 Å². The lowest BCUT2D eigenvalue weighted by atomic mass is 9.94. The van der Waals surface area contributed by atoms with Crippen molar-refractivity contribution in [1.29, 1.82) is 0 Å². The smallest absolute Gasteiger partial charge is 0.275 e. The fourth-order valence-electron chi connectivity index (χ4n) is 4.02. The molecule has 0 saturated carbocycles. The Morgan fingerprint density at radius 1 is 0.935 bits per heavy atom. The Morgan fingerprint density at radius 3 is 2.19 bits per heavy atom. The molecule has 31 heavy (non-hydrogen) atoms. The second-order valence-corrected chi connectivity index (χ2v) is 7.53. The first kappa shape index (κ1) is 20.7. The van der Waals surface area contributed by atoms with Crippen LogP contribution in [0.1, 0.15) is 41.8 Å². The molecule has 1 amide bonds. The molecule has 0 aliphatic heterocycles. The van der Waals surface area contributed by atoms with Gasteiger partial charge < -0.3 is 0 Å². The van der Waals surface area contributed by atoms with Crippen LogP contribution in [0, 0.1) is 0 Å². The summed E-state index contributed by atoms with van der Waals surface area (Å²) in [6.07, 6.45) is 6.08. The summed E-state index contributed by atoms with van der Waals surface area (Å²) in [5.41, 5.74) is 8.94. The van der Waals surface area contributed by atoms with Gasteiger partial charge in [0.1, 0.15) is 0 Å². The van der Waals surface area contributed by atoms with Gasteiger partial charge in [0.15, 0.2) is 0 Å². The van der Waals surface area contributed by atoms with Gasteiger partial charge in [0.25, 0.3) is 5.91 Å². The molecule has 0 atom stereocenters. The van der Waals surface area contributed by atoms with Crippen LogP contribution in [0.15, 0.2) is 67.0 Å². The number of carbonyl (C=O) groups is 1. The van der Waals surface area contributed by atoms with Crippen molar-refractivity contribution >= 4 is 16.8 Å². The molecule has 4 aromatic rings. The summed E-state index contributed by atoms with van der Waals surface area (Å²) >= 11 is 0. The molecule has 0 aliphatic carbocycles. The Hall–Kier alpha value is -3.57. The summed E-state index contributed by atoms with van der Waals surface area (Å²) in [5, 5.41) is 9.93. The maximum atomic E-state index is 12.5. The van der Waals surface area contributed by atoms with Gasteiger partial charge in [-0.25, -0.2) is 10.5 Å². The van der Waals surface area contributed by atoms with Crippen molar-refractivity contribution in [3.63, 3.8) is 0 Å². The molecule has 4 rings (SSSR count). The first-order valence-electron chi connectivity index (χ1n) is 10.6. The summed E-state index contributed by atoms with van der Waals surface area (Å²) in [7, 11) is 0. The average Bonchev–Trinajstić information content (AvgIpc) is 2.83. The Balaban J connectivity index is 1.79. The van der Waals surface area contributed by atoms with E-state index in [1.54, 1.807) is 23.9 Å². The first-order chi connectivity index (χ1) is 15.2. The summed E-state index contributed by atoms with van der Waals surface area (Å²) in [6.45, 7) is 4.16. The lowest BCUT2D eigenvalue weighted by molar-refractivity contribution is 0.0707. The third-order valence-corrected chi connectivity index (χ3v) is 5.55. The van der Waals surface area contributed by atoms with Crippen LogP contribution in [0.3, 0.4) is 0 Å². The van der Waals surface area contributed by atoms with Crippen molar-refractivity contribution < 1.29 is 10.0 Å². The van der Waals surface area contributed by atoms with E-state index in [9.17, 15) is 10.0 Å². The minimum atomic E-state index is -0.553. The van der Waals surface area contributed by atoms with Gasteiger partial charge in [-0.3, -0.25) is 15.0 Å². The van der Waals surface area contributed by atoms with Crippen LogP contribution in [-0.2, 0) is 12.8 Å². The normalized spacial score (nSPS) is 10.9. The highest BCUT2D eigenvalue weighted by atomic mass is 16.5. The molecule has 0 spiro atoms. The Bertz CT molecular complexity index is 1220. The van der Waals surface area contributed by atoms with Crippen LogP contribution in [0.25, 0.3) is 33.3 Å². The molecule has 5 nitrogen and oxygen atoms in total. The zero-order chi connectivity index (χ0) is 21.8. The highest BCUT2D eigenvalue weighted by Gasteiger charge is 2.20. The number of nitrogens with zero attached hydrogens (tertiary/aromatic N) is 2. The predicted molar refractivity (Wildman–Crippen MR) is 123 cm³/mol. The molecule has 2 N–H and O–H groups in total. The summed E-state index contributed by atoms with van der Waals surface area (Å²) < 4.78 is 0. The van der Waals surface area contributed by atoms with E-state index in [4.69, 9.17) is 4.98 Å². The van der Waals surface area contributed by atoms with E-state index in [1.165, 1.54) is 11.1 Å². The minimum Gasteiger partial charge on any atom is -0.288 e. The largest absolute Gasteiger partial charge is 0.288 e. The first-order valence-corrected chi connectivity index (χ1v) is 10.6. The van der Waals surface area contributed by atoms with E-state index in [2.05, 4.69) is 48.3 Å². The number of aromatic nitrogens is 2. The number of aryl methyl sites for hydroxylation is 1. The van der Waals surface area contributed by atoms with E-state index >= 15 is 0 Å². The number of amides is 1. The number of hydrogen-bond donors (Lipinski definition) is 2. The predicted octanol–water partition coefficient (Wildman–Crippen LogP) is 5.60. The van der Waals surface area contributed by atoms with Gasteiger partial charge in [0.2, 0.25) is 0 Å². The second-order valence-electron chi connectivity index (χ2n) is 7.53. The van der Waals surface area contributed by atoms with Crippen LogP contribution in [0.4, 0.5) is 0 Å². The third-order valence-electron chi connectivity index (χ3n) is 5.55. The van der Waals surface area contributed by atoms with Crippen molar-refractivity contribution in [2.24, 2.45) is 0 Å². The van der Waals surface area contributed by atoms with E-state index in [0.29, 0.717) is 22.9 Å². The molecule has 5 heteroatoms. The molecular weight excluding hydrogens is 386 g/mol. The van der Waals surface area contributed by atoms with Crippen LogP contribution >= 0.6 is 0 Å². The van der Waals surface area contributed by atoms with Crippen molar-refractivity contribution in [2.75, 3.05) is 0 Å². The number of nitrogens with one attached hydrogen (secondary N) is 1. The number of benzene rings is 2. The molecule has 156 valence electrons. The summed E-state index contributed by atoms with van der Waals surface area (Å²) in [5.74, 6) is -0.553. The van der Waals surface area contributed by atoms with Gasteiger partial charge >= 0.3 is 0 Å². The zero-order valence-corrected chi connectivity index (χ0v) is 17.7. The molecule has 0 fully saturated rings. The zero-order valence-electron chi connectivity index (χ0n) is 17.7. The van der Waals surface area contributed by atoms with E-state index < -0.39 is 5.91 Å². The second kappa shape index (κ2) is 9.06. The Morgan fingerprint density at radius 2 is 1.58 bits per heavy atom. The maximum absolute atomic E-state index is 12.5. The topological polar surface area (TPSA) is 75.1 Å². The lowest BCUT2D eigenvalue weighted by Gasteiger charge is -2.15.